The summed E-state index contributed by atoms with van der Waals surface area (Å²) < 4.78 is 41.0. The predicted octanol–water partition coefficient (Wildman–Crippen LogP) is 5.71. The van der Waals surface area contributed by atoms with Gasteiger partial charge in [0.15, 0.2) is 17.2 Å². The summed E-state index contributed by atoms with van der Waals surface area (Å²) in [6.45, 7) is 3.71. The number of carbonyl (C=O) groups is 2. The number of hydrogen-bond donors (Lipinski definition) is 0. The van der Waals surface area contributed by atoms with Crippen LogP contribution in [0.2, 0.25) is 0 Å². The lowest BCUT2D eigenvalue weighted by molar-refractivity contribution is -0.214. The molecule has 0 radical (unpaired) electrons. The first-order chi connectivity index (χ1) is 16.2. The van der Waals surface area contributed by atoms with Crippen molar-refractivity contribution in [1.82, 2.24) is 9.78 Å². The molecule has 0 N–H and O–H groups in total. The molecular formula is C25H25F3N2O4. The monoisotopic (exact) mass is 474 g/mol. The fourth-order valence-electron chi connectivity index (χ4n) is 3.33. The van der Waals surface area contributed by atoms with E-state index in [9.17, 15) is 22.8 Å². The van der Waals surface area contributed by atoms with Crippen molar-refractivity contribution in [1.29, 1.82) is 0 Å². The van der Waals surface area contributed by atoms with Crippen LogP contribution in [0.3, 0.4) is 0 Å². The number of alkyl halides is 3. The molecule has 0 spiro atoms. The van der Waals surface area contributed by atoms with E-state index in [-0.39, 0.29) is 31.6 Å². The molecule has 180 valence electrons. The van der Waals surface area contributed by atoms with Crippen molar-refractivity contribution >= 4 is 11.8 Å². The first-order valence-electron chi connectivity index (χ1n) is 10.9. The minimum atomic E-state index is -4.58. The second-order valence-electron chi connectivity index (χ2n) is 7.85. The number of hydrogen-bond acceptors (Lipinski definition) is 5. The summed E-state index contributed by atoms with van der Waals surface area (Å²) in [4.78, 5) is 33.9. The third kappa shape index (κ3) is 6.69. The summed E-state index contributed by atoms with van der Waals surface area (Å²) in [5.74, 6) is -0.428. The third-order valence-corrected chi connectivity index (χ3v) is 5.11. The molecule has 0 amide bonds. The molecule has 0 saturated heterocycles. The van der Waals surface area contributed by atoms with Gasteiger partial charge >= 0.3 is 12.1 Å². The van der Waals surface area contributed by atoms with Gasteiger partial charge in [-0.2, -0.15) is 18.3 Å². The van der Waals surface area contributed by atoms with Crippen molar-refractivity contribution < 1.29 is 32.5 Å². The smallest absolute Gasteiger partial charge is 0.294 e. The molecule has 0 unspecified atom stereocenters. The molecule has 3 aromatic rings. The lowest BCUT2D eigenvalue weighted by Crippen LogP contribution is -2.11. The molecule has 2 aromatic carbocycles. The van der Waals surface area contributed by atoms with Crippen molar-refractivity contribution in [3.63, 3.8) is 0 Å². The third-order valence-electron chi connectivity index (χ3n) is 5.11. The Morgan fingerprint density at radius 2 is 1.76 bits per heavy atom. The highest BCUT2D eigenvalue weighted by Crippen LogP contribution is 2.29. The molecule has 1 heterocycles. The quantitative estimate of drug-likeness (QED) is 0.214. The maximum Gasteiger partial charge on any atom is 0.435 e. The second kappa shape index (κ2) is 11.0. The topological polar surface area (TPSA) is 70.4 Å². The standard InChI is InChI=1S/C25H25F3N2O4/c1-3-7-24(32)34-33-22-13-10-19(14-17(22)2)21(31)12-11-20-15-23(25(26,27)28)29-30(20)16-18-8-5-4-6-9-18/h4-6,8-10,13-15H,3,7,11-12,16H2,1-2H3. The van der Waals surface area contributed by atoms with E-state index in [1.807, 2.05) is 13.0 Å². The lowest BCUT2D eigenvalue weighted by Gasteiger charge is -2.09. The SMILES string of the molecule is CCCC(=O)OOc1ccc(C(=O)CCc2cc(C(F)(F)F)nn2Cc2ccccc2)cc1C. The van der Waals surface area contributed by atoms with E-state index in [1.165, 1.54) is 16.8 Å². The van der Waals surface area contributed by atoms with Gasteiger partial charge in [-0.05, 0) is 55.2 Å². The highest BCUT2D eigenvalue weighted by Gasteiger charge is 2.35. The van der Waals surface area contributed by atoms with Gasteiger partial charge < -0.3 is 0 Å². The molecule has 0 fully saturated rings. The van der Waals surface area contributed by atoms with Crippen molar-refractivity contribution in [2.45, 2.75) is 52.3 Å². The van der Waals surface area contributed by atoms with Crippen molar-refractivity contribution in [3.05, 3.63) is 82.7 Å². The van der Waals surface area contributed by atoms with Gasteiger partial charge in [-0.15, -0.1) is 0 Å². The Morgan fingerprint density at radius 3 is 2.41 bits per heavy atom. The molecule has 0 aliphatic carbocycles. The van der Waals surface area contributed by atoms with Gasteiger partial charge in [-0.1, -0.05) is 37.3 Å². The summed E-state index contributed by atoms with van der Waals surface area (Å²) in [5, 5.41) is 3.72. The van der Waals surface area contributed by atoms with E-state index in [0.29, 0.717) is 29.0 Å². The van der Waals surface area contributed by atoms with Crippen molar-refractivity contribution in [3.8, 4) is 5.75 Å². The minimum absolute atomic E-state index is 0.00289. The zero-order valence-electron chi connectivity index (χ0n) is 18.9. The molecule has 3 rings (SSSR count). The van der Waals surface area contributed by atoms with E-state index in [0.717, 1.165) is 11.6 Å². The van der Waals surface area contributed by atoms with Crippen LogP contribution in [0, 0.1) is 6.92 Å². The molecule has 0 atom stereocenters. The van der Waals surface area contributed by atoms with Crippen LogP contribution >= 0.6 is 0 Å². The van der Waals surface area contributed by atoms with Crippen LogP contribution in [0.5, 0.6) is 5.75 Å². The van der Waals surface area contributed by atoms with Crippen LogP contribution in [0.15, 0.2) is 54.6 Å². The molecule has 0 saturated carbocycles. The number of halogens is 3. The van der Waals surface area contributed by atoms with Crippen molar-refractivity contribution in [2.24, 2.45) is 0 Å². The molecule has 0 aliphatic heterocycles. The zero-order valence-corrected chi connectivity index (χ0v) is 18.9. The summed E-state index contributed by atoms with van der Waals surface area (Å²) in [5.41, 5.74) is 1.11. The number of benzene rings is 2. The molecule has 1 aromatic heterocycles. The predicted molar refractivity (Wildman–Crippen MR) is 118 cm³/mol. The fraction of sp³-hybridized carbons (Fsp3) is 0.320. The molecule has 0 aliphatic rings. The number of aryl methyl sites for hydroxylation is 2. The number of ketones is 1. The highest BCUT2D eigenvalue weighted by molar-refractivity contribution is 5.96. The van der Waals surface area contributed by atoms with Gasteiger partial charge in [-0.3, -0.25) is 19.3 Å². The molecule has 34 heavy (non-hydrogen) atoms. The summed E-state index contributed by atoms with van der Waals surface area (Å²) >= 11 is 0. The Kier molecular flexibility index (Phi) is 8.09. The van der Waals surface area contributed by atoms with Crippen LogP contribution in [0.25, 0.3) is 0 Å². The van der Waals surface area contributed by atoms with Crippen molar-refractivity contribution in [2.75, 3.05) is 0 Å². The summed E-state index contributed by atoms with van der Waals surface area (Å²) in [6, 6.07) is 14.6. The Bertz CT molecular complexity index is 1140. The Labute approximate surface area is 195 Å². The second-order valence-corrected chi connectivity index (χ2v) is 7.85. The normalized spacial score (nSPS) is 11.3. The number of Topliss-reactive ketones (excluding diaryl/α,β-unsaturated/α-hetero) is 1. The number of aromatic nitrogens is 2. The number of carbonyl (C=O) groups excluding carboxylic acids is 2. The van der Waals surface area contributed by atoms with Crippen LogP contribution in [0.1, 0.15) is 59.1 Å². The zero-order chi connectivity index (χ0) is 24.7. The first kappa shape index (κ1) is 25.0. The molecule has 9 heteroatoms. The average molecular weight is 474 g/mol. The first-order valence-corrected chi connectivity index (χ1v) is 10.9. The van der Waals surface area contributed by atoms with E-state index in [4.69, 9.17) is 9.78 Å². The van der Waals surface area contributed by atoms with Gasteiger partial charge in [0.25, 0.3) is 0 Å². The van der Waals surface area contributed by atoms with E-state index >= 15 is 0 Å². The largest absolute Gasteiger partial charge is 0.435 e. The van der Waals surface area contributed by atoms with E-state index < -0.39 is 17.8 Å². The number of nitrogens with zero attached hydrogens (tertiary/aromatic N) is 2. The molecule has 6 nitrogen and oxygen atoms in total. The number of rotatable bonds is 10. The maximum absolute atomic E-state index is 13.2. The highest BCUT2D eigenvalue weighted by atomic mass is 19.4. The van der Waals surface area contributed by atoms with Gasteiger partial charge in [0.05, 0.1) is 6.54 Å². The van der Waals surface area contributed by atoms with Gasteiger partial charge in [0, 0.05) is 24.1 Å². The van der Waals surface area contributed by atoms with Crippen LogP contribution < -0.4 is 4.89 Å². The van der Waals surface area contributed by atoms with Crippen LogP contribution in [-0.2, 0) is 28.8 Å². The Balaban J connectivity index is 1.69. The Morgan fingerprint density at radius 1 is 1.03 bits per heavy atom. The van der Waals surface area contributed by atoms with Gasteiger partial charge in [-0.25, -0.2) is 4.79 Å². The summed E-state index contributed by atoms with van der Waals surface area (Å²) in [6.07, 6.45) is -3.62. The molecule has 0 bridgehead atoms. The molecular weight excluding hydrogens is 449 g/mol. The Hall–Kier alpha value is -3.62. The van der Waals surface area contributed by atoms with Gasteiger partial charge in [0.2, 0.25) is 0 Å². The fourth-order valence-corrected chi connectivity index (χ4v) is 3.33. The van der Waals surface area contributed by atoms with Gasteiger partial charge in [0.1, 0.15) is 0 Å². The van der Waals surface area contributed by atoms with Crippen LogP contribution in [0.4, 0.5) is 13.2 Å². The maximum atomic E-state index is 13.2. The van der Waals surface area contributed by atoms with E-state index in [2.05, 4.69) is 5.10 Å². The summed E-state index contributed by atoms with van der Waals surface area (Å²) in [7, 11) is 0. The minimum Gasteiger partial charge on any atom is -0.294 e. The lowest BCUT2D eigenvalue weighted by atomic mass is 10.0. The average Bonchev–Trinajstić information content (AvgIpc) is 3.20. The van der Waals surface area contributed by atoms with E-state index in [1.54, 1.807) is 37.3 Å². The van der Waals surface area contributed by atoms with Crippen LogP contribution in [-0.4, -0.2) is 21.5 Å².